The third-order valence-corrected chi connectivity index (χ3v) is 3.23. The second-order valence-electron chi connectivity index (χ2n) is 3.69. The van der Waals surface area contributed by atoms with E-state index in [-0.39, 0.29) is 0 Å². The Kier molecular flexibility index (Phi) is 2.83. The van der Waals surface area contributed by atoms with Gasteiger partial charge in [-0.2, -0.15) is 0 Å². The summed E-state index contributed by atoms with van der Waals surface area (Å²) in [5, 5.41) is 3.03. The molecule has 0 amide bonds. The van der Waals surface area contributed by atoms with Crippen molar-refractivity contribution >= 4 is 15.9 Å². The zero-order valence-electron chi connectivity index (χ0n) is 7.76. The molecular formula is C10H12BrFN2. The molecule has 1 aliphatic heterocycles. The molecule has 2 nitrogen and oxygen atoms in total. The highest BCUT2D eigenvalue weighted by Gasteiger charge is 2.34. The normalized spacial score (nSPS) is 26.7. The molecule has 0 spiro atoms. The van der Waals surface area contributed by atoms with Gasteiger partial charge >= 0.3 is 0 Å². The summed E-state index contributed by atoms with van der Waals surface area (Å²) in [6.45, 7) is 1.21. The first-order chi connectivity index (χ1) is 6.70. The van der Waals surface area contributed by atoms with E-state index in [9.17, 15) is 4.39 Å². The Labute approximate surface area is 91.1 Å². The van der Waals surface area contributed by atoms with Gasteiger partial charge < -0.3 is 5.32 Å². The molecule has 1 N–H and O–H groups in total. The summed E-state index contributed by atoms with van der Waals surface area (Å²) in [5.41, 5.74) is -0.310. The lowest BCUT2D eigenvalue weighted by Crippen LogP contribution is -2.29. The van der Waals surface area contributed by atoms with Gasteiger partial charge in [-0.3, -0.25) is 4.98 Å². The van der Waals surface area contributed by atoms with Crippen molar-refractivity contribution < 1.29 is 4.39 Å². The standard InChI is InChI=1S/C10H12BrFN2/c11-8-2-1-4-14-9(8)6-10(12)3-5-13-7-10/h1-2,4,13H,3,5-7H2. The fourth-order valence-corrected chi connectivity index (χ4v) is 2.11. The average Bonchev–Trinajstić information content (AvgIpc) is 2.57. The second kappa shape index (κ2) is 3.95. The molecule has 1 atom stereocenters. The van der Waals surface area contributed by atoms with Crippen molar-refractivity contribution in [2.75, 3.05) is 13.1 Å². The van der Waals surface area contributed by atoms with Gasteiger partial charge in [-0.1, -0.05) is 0 Å². The van der Waals surface area contributed by atoms with Gasteiger partial charge in [-0.25, -0.2) is 4.39 Å². The van der Waals surface area contributed by atoms with Crippen molar-refractivity contribution in [2.45, 2.75) is 18.5 Å². The van der Waals surface area contributed by atoms with Gasteiger partial charge in [-0.15, -0.1) is 0 Å². The zero-order chi connectivity index (χ0) is 10.0. The van der Waals surface area contributed by atoms with Gasteiger partial charge in [0.15, 0.2) is 0 Å². The molecule has 0 aromatic carbocycles. The third-order valence-electron chi connectivity index (χ3n) is 2.51. The Morgan fingerprint density at radius 3 is 3.14 bits per heavy atom. The number of hydrogen-bond acceptors (Lipinski definition) is 2. The maximum Gasteiger partial charge on any atom is 0.130 e. The van der Waals surface area contributed by atoms with E-state index in [1.54, 1.807) is 6.20 Å². The van der Waals surface area contributed by atoms with E-state index in [0.29, 0.717) is 19.4 Å². The molecule has 0 bridgehead atoms. The van der Waals surface area contributed by atoms with Crippen LogP contribution in [0.25, 0.3) is 0 Å². The smallest absolute Gasteiger partial charge is 0.130 e. The summed E-state index contributed by atoms with van der Waals surface area (Å²) in [4.78, 5) is 4.17. The van der Waals surface area contributed by atoms with Crippen LogP contribution >= 0.6 is 15.9 Å². The van der Waals surface area contributed by atoms with Gasteiger partial charge in [0.2, 0.25) is 0 Å². The van der Waals surface area contributed by atoms with Crippen LogP contribution in [0.3, 0.4) is 0 Å². The number of halogens is 2. The molecule has 1 aromatic heterocycles. The van der Waals surface area contributed by atoms with Gasteiger partial charge in [0.1, 0.15) is 5.67 Å². The molecule has 1 aliphatic rings. The quantitative estimate of drug-likeness (QED) is 0.879. The zero-order valence-corrected chi connectivity index (χ0v) is 9.35. The van der Waals surface area contributed by atoms with Crippen molar-refractivity contribution in [1.29, 1.82) is 0 Å². The molecule has 1 saturated heterocycles. The van der Waals surface area contributed by atoms with Crippen LogP contribution in [0.1, 0.15) is 12.1 Å². The van der Waals surface area contributed by atoms with Crippen LogP contribution in [-0.2, 0) is 6.42 Å². The van der Waals surface area contributed by atoms with Crippen LogP contribution in [0.15, 0.2) is 22.8 Å². The molecule has 4 heteroatoms. The number of hydrogen-bond donors (Lipinski definition) is 1. The fourth-order valence-electron chi connectivity index (χ4n) is 1.71. The van der Waals surface area contributed by atoms with Gasteiger partial charge in [0.25, 0.3) is 0 Å². The second-order valence-corrected chi connectivity index (χ2v) is 4.54. The predicted molar refractivity (Wildman–Crippen MR) is 57.0 cm³/mol. The van der Waals surface area contributed by atoms with E-state index in [1.165, 1.54) is 0 Å². The first kappa shape index (κ1) is 10.1. The molecule has 1 unspecified atom stereocenters. The Morgan fingerprint density at radius 1 is 1.64 bits per heavy atom. The molecule has 0 saturated carbocycles. The minimum absolute atomic E-state index is 0.390. The highest BCUT2D eigenvalue weighted by Crippen LogP contribution is 2.27. The molecule has 76 valence electrons. The van der Waals surface area contributed by atoms with E-state index in [0.717, 1.165) is 16.7 Å². The lowest BCUT2D eigenvalue weighted by Gasteiger charge is -2.17. The van der Waals surface area contributed by atoms with Crippen molar-refractivity contribution in [2.24, 2.45) is 0 Å². The van der Waals surface area contributed by atoms with Crippen LogP contribution in [0.2, 0.25) is 0 Å². The lowest BCUT2D eigenvalue weighted by atomic mass is 9.99. The highest BCUT2D eigenvalue weighted by molar-refractivity contribution is 9.10. The van der Waals surface area contributed by atoms with E-state index >= 15 is 0 Å². The Hall–Kier alpha value is -0.480. The number of pyridine rings is 1. The molecule has 2 rings (SSSR count). The van der Waals surface area contributed by atoms with E-state index < -0.39 is 5.67 Å². The first-order valence-electron chi connectivity index (χ1n) is 4.69. The number of nitrogens with one attached hydrogen (secondary N) is 1. The molecular weight excluding hydrogens is 247 g/mol. The van der Waals surface area contributed by atoms with Crippen molar-refractivity contribution in [3.05, 3.63) is 28.5 Å². The third kappa shape index (κ3) is 2.12. The predicted octanol–water partition coefficient (Wildman–Crippen LogP) is 2.09. The monoisotopic (exact) mass is 258 g/mol. The summed E-state index contributed by atoms with van der Waals surface area (Å²) in [6.07, 6.45) is 2.67. The number of aromatic nitrogens is 1. The van der Waals surface area contributed by atoms with Crippen LogP contribution in [-0.4, -0.2) is 23.7 Å². The number of alkyl halides is 1. The Morgan fingerprint density at radius 2 is 2.50 bits per heavy atom. The first-order valence-corrected chi connectivity index (χ1v) is 5.48. The summed E-state index contributed by atoms with van der Waals surface area (Å²) in [6, 6.07) is 3.74. The largest absolute Gasteiger partial charge is 0.313 e. The maximum absolute atomic E-state index is 14.1. The molecule has 14 heavy (non-hydrogen) atoms. The molecule has 2 heterocycles. The van der Waals surface area contributed by atoms with E-state index in [2.05, 4.69) is 26.2 Å². The van der Waals surface area contributed by atoms with Gasteiger partial charge in [0.05, 0.1) is 5.69 Å². The Bertz CT molecular complexity index is 324. The topological polar surface area (TPSA) is 24.9 Å². The van der Waals surface area contributed by atoms with Gasteiger partial charge in [-0.05, 0) is 41.0 Å². The molecule has 0 aliphatic carbocycles. The van der Waals surface area contributed by atoms with Crippen LogP contribution in [0, 0.1) is 0 Å². The van der Waals surface area contributed by atoms with E-state index in [1.807, 2.05) is 12.1 Å². The summed E-state index contributed by atoms with van der Waals surface area (Å²) in [5.74, 6) is 0. The van der Waals surface area contributed by atoms with Gasteiger partial charge in [0, 0.05) is 23.6 Å². The minimum atomic E-state index is -1.11. The minimum Gasteiger partial charge on any atom is -0.313 e. The fraction of sp³-hybridized carbons (Fsp3) is 0.500. The summed E-state index contributed by atoms with van der Waals surface area (Å²) >= 11 is 3.38. The lowest BCUT2D eigenvalue weighted by molar-refractivity contribution is 0.188. The van der Waals surface area contributed by atoms with Crippen LogP contribution < -0.4 is 5.32 Å². The molecule has 1 aromatic rings. The van der Waals surface area contributed by atoms with Crippen molar-refractivity contribution in [3.8, 4) is 0 Å². The summed E-state index contributed by atoms with van der Waals surface area (Å²) < 4.78 is 14.9. The van der Waals surface area contributed by atoms with Crippen LogP contribution in [0.4, 0.5) is 4.39 Å². The Balaban J connectivity index is 2.14. The van der Waals surface area contributed by atoms with Crippen molar-refractivity contribution in [3.63, 3.8) is 0 Å². The van der Waals surface area contributed by atoms with Crippen LogP contribution in [0.5, 0.6) is 0 Å². The SMILES string of the molecule is FC1(Cc2ncccc2Br)CCNC1. The summed E-state index contributed by atoms with van der Waals surface area (Å²) in [7, 11) is 0. The number of nitrogens with zero attached hydrogens (tertiary/aromatic N) is 1. The number of rotatable bonds is 2. The average molecular weight is 259 g/mol. The molecule has 0 radical (unpaired) electrons. The van der Waals surface area contributed by atoms with Crippen molar-refractivity contribution in [1.82, 2.24) is 10.3 Å². The highest BCUT2D eigenvalue weighted by atomic mass is 79.9. The van der Waals surface area contributed by atoms with E-state index in [4.69, 9.17) is 0 Å². The molecule has 1 fully saturated rings. The maximum atomic E-state index is 14.1.